The van der Waals surface area contributed by atoms with Crippen LogP contribution in [0.15, 0.2) is 11.6 Å². The first-order valence-electron chi connectivity index (χ1n) is 12.4. The highest BCUT2D eigenvalue weighted by atomic mass is 32.1. The average Bonchev–Trinajstić information content (AvgIpc) is 3.56. The van der Waals surface area contributed by atoms with Gasteiger partial charge >= 0.3 is 6.09 Å². The molecule has 1 aliphatic carbocycles. The number of methoxy groups -OCH3 is 2. The molecule has 0 bridgehead atoms. The molecular weight excluding hydrogens is 442 g/mol. The van der Waals surface area contributed by atoms with Crippen LogP contribution in [0, 0.1) is 11.8 Å². The Morgan fingerprint density at radius 2 is 1.97 bits per heavy atom. The van der Waals surface area contributed by atoms with Crippen molar-refractivity contribution < 1.29 is 28.5 Å². The van der Waals surface area contributed by atoms with E-state index in [1.165, 1.54) is 5.57 Å². The van der Waals surface area contributed by atoms with Gasteiger partial charge in [0.2, 0.25) is 0 Å². The summed E-state index contributed by atoms with van der Waals surface area (Å²) < 4.78 is 28.7. The summed E-state index contributed by atoms with van der Waals surface area (Å²) in [6.45, 7) is 8.99. The molecule has 2 rings (SSSR count). The topological polar surface area (TPSA) is 78.6 Å². The lowest BCUT2D eigenvalue weighted by atomic mass is 9.70. The average molecular weight is 488 g/mol. The fraction of sp³-hybridized carbons (Fsp3) is 0.880. The standard InChI is InChI=1S/C25H45NO6S/c1-18(2)10-11-21(33)30-16-19(3)22-23(29-5)20(12-13-25(22)17-31-25)32-24(27)26-14-8-6-7-9-15-28-4/h10,19-23,33H,6-9,11-17H2,1-5H3,(H,26,27)/t19?,20?,21-,22?,23?,25-/m0/s1. The highest BCUT2D eigenvalue weighted by Crippen LogP contribution is 2.50. The number of amides is 1. The lowest BCUT2D eigenvalue weighted by molar-refractivity contribution is -0.121. The van der Waals surface area contributed by atoms with E-state index in [-0.39, 0.29) is 41.2 Å². The number of carbonyl (C=O) groups excluding carboxylic acids is 1. The van der Waals surface area contributed by atoms with Crippen LogP contribution in [0.5, 0.6) is 0 Å². The Morgan fingerprint density at radius 3 is 2.61 bits per heavy atom. The Bertz CT molecular complexity index is 608. The van der Waals surface area contributed by atoms with Crippen molar-refractivity contribution in [3.8, 4) is 0 Å². The van der Waals surface area contributed by atoms with E-state index in [0.29, 0.717) is 13.2 Å². The minimum atomic E-state index is -0.369. The third-order valence-electron chi connectivity index (χ3n) is 6.66. The molecular formula is C25H45NO6S. The number of hydrogen-bond acceptors (Lipinski definition) is 7. The molecule has 4 unspecified atom stereocenters. The molecule has 1 N–H and O–H groups in total. The molecule has 0 aromatic heterocycles. The molecule has 2 aliphatic rings. The van der Waals surface area contributed by atoms with Crippen LogP contribution in [-0.4, -0.2) is 69.9 Å². The number of unbranched alkanes of at least 4 members (excludes halogenated alkanes) is 3. The zero-order chi connectivity index (χ0) is 24.3. The summed E-state index contributed by atoms with van der Waals surface area (Å²) in [5.74, 6) is 0.277. The highest BCUT2D eigenvalue weighted by molar-refractivity contribution is 7.80. The summed E-state index contributed by atoms with van der Waals surface area (Å²) in [6, 6.07) is 0. The van der Waals surface area contributed by atoms with Gasteiger partial charge in [-0.1, -0.05) is 31.4 Å². The monoisotopic (exact) mass is 487 g/mol. The van der Waals surface area contributed by atoms with Gasteiger partial charge in [0.15, 0.2) is 0 Å². The lowest BCUT2D eigenvalue weighted by Crippen LogP contribution is -2.53. The van der Waals surface area contributed by atoms with Gasteiger partial charge in [-0.2, -0.15) is 0 Å². The van der Waals surface area contributed by atoms with Crippen LogP contribution in [0.3, 0.4) is 0 Å². The molecule has 8 heteroatoms. The number of rotatable bonds is 15. The van der Waals surface area contributed by atoms with Crippen LogP contribution in [0.2, 0.25) is 0 Å². The maximum absolute atomic E-state index is 12.4. The van der Waals surface area contributed by atoms with Gasteiger partial charge in [0.05, 0.1) is 18.8 Å². The largest absolute Gasteiger partial charge is 0.443 e. The Labute approximate surface area is 205 Å². The predicted octanol–water partition coefficient (Wildman–Crippen LogP) is 4.75. The molecule has 1 aliphatic heterocycles. The van der Waals surface area contributed by atoms with Crippen molar-refractivity contribution in [3.63, 3.8) is 0 Å². The zero-order valence-electron chi connectivity index (χ0n) is 21.1. The zero-order valence-corrected chi connectivity index (χ0v) is 22.0. The van der Waals surface area contributed by atoms with Crippen LogP contribution in [-0.2, 0) is 23.7 Å². The number of nitrogens with one attached hydrogen (secondary N) is 1. The van der Waals surface area contributed by atoms with Gasteiger partial charge in [0, 0.05) is 39.7 Å². The normalized spacial score (nSPS) is 28.2. The Hall–Kier alpha value is -0.800. The van der Waals surface area contributed by atoms with Gasteiger partial charge in [0.25, 0.3) is 0 Å². The molecule has 1 saturated carbocycles. The number of thiol groups is 1. The molecule has 2 fully saturated rings. The van der Waals surface area contributed by atoms with Crippen molar-refractivity contribution >= 4 is 18.7 Å². The quantitative estimate of drug-likeness (QED) is 0.114. The van der Waals surface area contributed by atoms with Gasteiger partial charge in [-0.25, -0.2) is 4.79 Å². The minimum Gasteiger partial charge on any atom is -0.443 e. The van der Waals surface area contributed by atoms with Crippen molar-refractivity contribution in [1.82, 2.24) is 5.32 Å². The number of alkyl carbamates (subject to hydrolysis) is 1. The summed E-state index contributed by atoms with van der Waals surface area (Å²) in [4.78, 5) is 12.4. The maximum atomic E-state index is 12.4. The molecule has 33 heavy (non-hydrogen) atoms. The molecule has 0 aromatic rings. The second kappa shape index (κ2) is 14.6. The van der Waals surface area contributed by atoms with E-state index >= 15 is 0 Å². The molecule has 0 radical (unpaired) electrons. The first-order chi connectivity index (χ1) is 15.8. The van der Waals surface area contributed by atoms with Crippen LogP contribution in [0.4, 0.5) is 4.79 Å². The second-order valence-electron chi connectivity index (χ2n) is 9.68. The van der Waals surface area contributed by atoms with E-state index in [4.69, 9.17) is 23.7 Å². The van der Waals surface area contributed by atoms with E-state index in [0.717, 1.165) is 58.2 Å². The van der Waals surface area contributed by atoms with Crippen molar-refractivity contribution in [3.05, 3.63) is 11.6 Å². The van der Waals surface area contributed by atoms with E-state index in [2.05, 4.69) is 44.8 Å². The van der Waals surface area contributed by atoms with Gasteiger partial charge in [0.1, 0.15) is 17.6 Å². The third kappa shape index (κ3) is 9.40. The summed E-state index contributed by atoms with van der Waals surface area (Å²) in [6.07, 6.45) is 7.77. The van der Waals surface area contributed by atoms with E-state index in [1.54, 1.807) is 14.2 Å². The van der Waals surface area contributed by atoms with Gasteiger partial charge < -0.3 is 29.0 Å². The molecule has 7 nitrogen and oxygen atoms in total. The summed E-state index contributed by atoms with van der Waals surface area (Å²) >= 11 is 4.56. The molecule has 1 amide bonds. The van der Waals surface area contributed by atoms with Crippen molar-refractivity contribution in [2.24, 2.45) is 11.8 Å². The molecule has 192 valence electrons. The lowest BCUT2D eigenvalue weighted by Gasteiger charge is -2.43. The molecule has 6 atom stereocenters. The van der Waals surface area contributed by atoms with E-state index in [9.17, 15) is 4.79 Å². The molecule has 0 aromatic carbocycles. The van der Waals surface area contributed by atoms with Gasteiger partial charge in [-0.05, 0) is 45.4 Å². The number of allylic oxidation sites excluding steroid dienone is 1. The number of epoxide rings is 1. The maximum Gasteiger partial charge on any atom is 0.407 e. The van der Waals surface area contributed by atoms with Crippen molar-refractivity contribution in [1.29, 1.82) is 0 Å². The molecule has 1 heterocycles. The van der Waals surface area contributed by atoms with Crippen LogP contribution in [0.25, 0.3) is 0 Å². The first-order valence-corrected chi connectivity index (χ1v) is 12.9. The van der Waals surface area contributed by atoms with Crippen LogP contribution in [0.1, 0.15) is 65.7 Å². The Morgan fingerprint density at radius 1 is 1.24 bits per heavy atom. The summed E-state index contributed by atoms with van der Waals surface area (Å²) in [7, 11) is 3.41. The molecule has 1 spiro atoms. The highest BCUT2D eigenvalue weighted by Gasteiger charge is 2.60. The predicted molar refractivity (Wildman–Crippen MR) is 133 cm³/mol. The number of ether oxygens (including phenoxy) is 5. The molecule has 1 saturated heterocycles. The number of hydrogen-bond donors (Lipinski definition) is 2. The van der Waals surface area contributed by atoms with Crippen LogP contribution < -0.4 is 5.32 Å². The van der Waals surface area contributed by atoms with Gasteiger partial charge in [-0.3, -0.25) is 0 Å². The van der Waals surface area contributed by atoms with E-state index in [1.807, 2.05) is 0 Å². The Balaban J connectivity index is 1.83. The smallest absolute Gasteiger partial charge is 0.407 e. The minimum absolute atomic E-state index is 0.0961. The first kappa shape index (κ1) is 28.4. The SMILES string of the molecule is COCCCCCCNC(=O)OC1CC[C@]2(CO2)C(C(C)CO[C@@H](S)CC=C(C)C)C1OC. The Kier molecular flexibility index (Phi) is 12.6. The van der Waals surface area contributed by atoms with E-state index < -0.39 is 0 Å². The second-order valence-corrected chi connectivity index (χ2v) is 10.3. The fourth-order valence-corrected chi connectivity index (χ4v) is 5.00. The fourth-order valence-electron chi connectivity index (χ4n) is 4.81. The van der Waals surface area contributed by atoms with Crippen LogP contribution >= 0.6 is 12.6 Å². The number of carbonyl (C=O) groups is 1. The van der Waals surface area contributed by atoms with Crippen molar-refractivity contribution in [2.45, 2.75) is 89.0 Å². The summed E-state index contributed by atoms with van der Waals surface area (Å²) in [5, 5.41) is 2.89. The summed E-state index contributed by atoms with van der Waals surface area (Å²) in [5.41, 5.74) is 0.927. The third-order valence-corrected chi connectivity index (χ3v) is 7.02. The van der Waals surface area contributed by atoms with Crippen molar-refractivity contribution in [2.75, 3.05) is 40.6 Å². The van der Waals surface area contributed by atoms with Gasteiger partial charge in [-0.15, -0.1) is 12.6 Å².